The van der Waals surface area contributed by atoms with Crippen molar-refractivity contribution in [1.82, 2.24) is 4.98 Å². The van der Waals surface area contributed by atoms with E-state index in [1.807, 2.05) is 18.3 Å². The predicted octanol–water partition coefficient (Wildman–Crippen LogP) is 5.52. The van der Waals surface area contributed by atoms with Crippen LogP contribution in [0.1, 0.15) is 41.5 Å². The minimum Gasteiger partial charge on any atom is -0.361 e. The first-order chi connectivity index (χ1) is 13.5. The molecule has 0 bridgehead atoms. The Morgan fingerprint density at radius 2 is 1.79 bits per heavy atom. The molecule has 0 saturated heterocycles. The number of fused-ring (bicyclic) bond motifs is 1. The monoisotopic (exact) mass is 421 g/mol. The number of alkyl halides is 3. The molecule has 1 aliphatic rings. The van der Waals surface area contributed by atoms with E-state index in [1.165, 1.54) is 6.26 Å². The third-order valence-electron chi connectivity index (χ3n) is 5.78. The molecule has 1 N–H and O–H groups in total. The first kappa shape index (κ1) is 20.0. The summed E-state index contributed by atoms with van der Waals surface area (Å²) in [5.74, 6) is 0.750. The average molecular weight is 421 g/mol. The van der Waals surface area contributed by atoms with Crippen LogP contribution in [0.2, 0.25) is 0 Å². The van der Waals surface area contributed by atoms with Crippen LogP contribution in [0.15, 0.2) is 48.7 Å². The molecular formula is C22H22F3NO2S. The number of rotatable bonds is 5. The highest BCUT2D eigenvalue weighted by Gasteiger charge is 2.42. The van der Waals surface area contributed by atoms with Gasteiger partial charge in [0.15, 0.2) is 9.84 Å². The van der Waals surface area contributed by atoms with Crippen molar-refractivity contribution in [3.05, 3.63) is 70.9 Å². The topological polar surface area (TPSA) is 49.9 Å². The molecule has 1 aromatic heterocycles. The molecule has 29 heavy (non-hydrogen) atoms. The fourth-order valence-electron chi connectivity index (χ4n) is 4.25. The molecule has 0 spiro atoms. The Labute approximate surface area is 167 Å². The highest BCUT2D eigenvalue weighted by Crippen LogP contribution is 2.52. The Morgan fingerprint density at radius 3 is 2.34 bits per heavy atom. The minimum atomic E-state index is -4.36. The van der Waals surface area contributed by atoms with Crippen LogP contribution in [0.5, 0.6) is 0 Å². The number of hydrogen-bond donors (Lipinski definition) is 1. The molecule has 0 radical (unpaired) electrons. The molecule has 1 aliphatic carbocycles. The van der Waals surface area contributed by atoms with Crippen LogP contribution in [0, 0.1) is 11.8 Å². The molecule has 4 rings (SSSR count). The minimum absolute atomic E-state index is 0.0329. The number of sulfone groups is 1. The summed E-state index contributed by atoms with van der Waals surface area (Å²) >= 11 is 0. The number of aromatic amines is 1. The van der Waals surface area contributed by atoms with E-state index in [-0.39, 0.29) is 11.7 Å². The van der Waals surface area contributed by atoms with Crippen LogP contribution in [-0.4, -0.2) is 19.7 Å². The SMILES string of the molecule is CC1CC1C(c1ccc(C(F)(F)F)cc1)c1c[nH]c2c(CS(C)(=O)=O)cccc12. The predicted molar refractivity (Wildman–Crippen MR) is 107 cm³/mol. The molecule has 0 amide bonds. The highest BCUT2D eigenvalue weighted by molar-refractivity contribution is 7.89. The number of hydrogen-bond acceptors (Lipinski definition) is 2. The summed E-state index contributed by atoms with van der Waals surface area (Å²) < 4.78 is 62.4. The molecule has 7 heteroatoms. The van der Waals surface area contributed by atoms with Gasteiger partial charge in [-0.1, -0.05) is 37.3 Å². The van der Waals surface area contributed by atoms with E-state index in [9.17, 15) is 21.6 Å². The van der Waals surface area contributed by atoms with Gasteiger partial charge in [0.25, 0.3) is 0 Å². The first-order valence-electron chi connectivity index (χ1n) is 9.48. The molecule has 3 unspecified atom stereocenters. The molecule has 1 heterocycles. The maximum atomic E-state index is 13.0. The number of benzene rings is 2. The maximum Gasteiger partial charge on any atom is 0.416 e. The van der Waals surface area contributed by atoms with Gasteiger partial charge in [0.1, 0.15) is 0 Å². The average Bonchev–Trinajstić information content (AvgIpc) is 3.17. The van der Waals surface area contributed by atoms with E-state index in [0.29, 0.717) is 17.4 Å². The summed E-state index contributed by atoms with van der Waals surface area (Å²) in [5, 5.41) is 0.926. The van der Waals surface area contributed by atoms with Gasteiger partial charge in [0.05, 0.1) is 11.3 Å². The second kappa shape index (κ2) is 6.90. The van der Waals surface area contributed by atoms with E-state index >= 15 is 0 Å². The van der Waals surface area contributed by atoms with Gasteiger partial charge in [-0.15, -0.1) is 0 Å². The Morgan fingerprint density at radius 1 is 1.14 bits per heavy atom. The zero-order valence-electron chi connectivity index (χ0n) is 16.1. The smallest absolute Gasteiger partial charge is 0.361 e. The summed E-state index contributed by atoms with van der Waals surface area (Å²) in [6, 6.07) is 11.0. The number of H-pyrrole nitrogens is 1. The van der Waals surface area contributed by atoms with E-state index in [0.717, 1.165) is 40.6 Å². The Balaban J connectivity index is 1.79. The lowest BCUT2D eigenvalue weighted by molar-refractivity contribution is -0.137. The molecular weight excluding hydrogens is 399 g/mol. The molecule has 1 fully saturated rings. The van der Waals surface area contributed by atoms with Gasteiger partial charge >= 0.3 is 6.18 Å². The summed E-state index contributed by atoms with van der Waals surface area (Å²) in [5.41, 5.74) is 2.67. The van der Waals surface area contributed by atoms with E-state index in [1.54, 1.807) is 18.2 Å². The van der Waals surface area contributed by atoms with Crippen molar-refractivity contribution < 1.29 is 21.6 Å². The van der Waals surface area contributed by atoms with Gasteiger partial charge in [-0.25, -0.2) is 8.42 Å². The van der Waals surface area contributed by atoms with Crippen LogP contribution in [0.25, 0.3) is 10.9 Å². The number of halogens is 3. The molecule has 2 aromatic carbocycles. The van der Waals surface area contributed by atoms with Gasteiger partial charge < -0.3 is 4.98 Å². The highest BCUT2D eigenvalue weighted by atomic mass is 32.2. The lowest BCUT2D eigenvalue weighted by atomic mass is 9.85. The molecule has 3 aromatic rings. The van der Waals surface area contributed by atoms with Crippen LogP contribution < -0.4 is 0 Å². The third-order valence-corrected chi connectivity index (χ3v) is 6.62. The van der Waals surface area contributed by atoms with E-state index < -0.39 is 21.6 Å². The van der Waals surface area contributed by atoms with Crippen molar-refractivity contribution in [3.63, 3.8) is 0 Å². The fraction of sp³-hybridized carbons (Fsp3) is 0.364. The summed E-state index contributed by atoms with van der Waals surface area (Å²) in [6.07, 6.45) is -0.264. The summed E-state index contributed by atoms with van der Waals surface area (Å²) in [6.45, 7) is 2.14. The first-order valence-corrected chi connectivity index (χ1v) is 11.5. The quantitative estimate of drug-likeness (QED) is 0.590. The van der Waals surface area contributed by atoms with E-state index in [2.05, 4.69) is 11.9 Å². The number of para-hydroxylation sites is 1. The zero-order chi connectivity index (χ0) is 21.0. The molecule has 3 nitrogen and oxygen atoms in total. The third kappa shape index (κ3) is 4.06. The molecule has 154 valence electrons. The summed E-state index contributed by atoms with van der Waals surface area (Å²) in [4.78, 5) is 3.22. The lowest BCUT2D eigenvalue weighted by Gasteiger charge is -2.18. The Hall–Kier alpha value is -2.28. The van der Waals surface area contributed by atoms with Crippen LogP contribution in [-0.2, 0) is 21.8 Å². The van der Waals surface area contributed by atoms with Crippen LogP contribution >= 0.6 is 0 Å². The molecule has 1 saturated carbocycles. The Bertz CT molecular complexity index is 1150. The van der Waals surface area contributed by atoms with Crippen molar-refractivity contribution >= 4 is 20.7 Å². The second-order valence-electron chi connectivity index (χ2n) is 8.13. The van der Waals surface area contributed by atoms with Gasteiger partial charge in [0, 0.05) is 29.3 Å². The summed E-state index contributed by atoms with van der Waals surface area (Å²) in [7, 11) is -3.19. The largest absolute Gasteiger partial charge is 0.416 e. The van der Waals surface area contributed by atoms with Crippen molar-refractivity contribution in [2.45, 2.75) is 31.2 Å². The van der Waals surface area contributed by atoms with E-state index in [4.69, 9.17) is 0 Å². The standard InChI is InChI=1S/C22H22F3NO2S/c1-13-10-18(13)20(14-6-8-16(9-7-14)22(23,24)25)19-11-26-21-15(12-29(2,27)28)4-3-5-17(19)21/h3-9,11,13,18,20,26H,10,12H2,1-2H3. The van der Waals surface area contributed by atoms with Gasteiger partial charge in [0.2, 0.25) is 0 Å². The second-order valence-corrected chi connectivity index (χ2v) is 10.3. The fourth-order valence-corrected chi connectivity index (χ4v) is 5.06. The van der Waals surface area contributed by atoms with Gasteiger partial charge in [-0.2, -0.15) is 13.2 Å². The van der Waals surface area contributed by atoms with Crippen molar-refractivity contribution in [3.8, 4) is 0 Å². The Kier molecular flexibility index (Phi) is 4.76. The molecule has 3 atom stereocenters. The lowest BCUT2D eigenvalue weighted by Crippen LogP contribution is -2.08. The molecule has 0 aliphatic heterocycles. The van der Waals surface area contributed by atoms with Crippen LogP contribution in [0.4, 0.5) is 13.2 Å². The zero-order valence-corrected chi connectivity index (χ0v) is 16.9. The van der Waals surface area contributed by atoms with Gasteiger partial charge in [-0.05, 0) is 47.1 Å². The number of aromatic nitrogens is 1. The van der Waals surface area contributed by atoms with Crippen molar-refractivity contribution in [1.29, 1.82) is 0 Å². The normalized spacial score (nSPS) is 20.7. The van der Waals surface area contributed by atoms with Gasteiger partial charge in [-0.3, -0.25) is 0 Å². The van der Waals surface area contributed by atoms with Crippen molar-refractivity contribution in [2.75, 3.05) is 6.26 Å². The van der Waals surface area contributed by atoms with Crippen molar-refractivity contribution in [2.24, 2.45) is 11.8 Å². The van der Waals surface area contributed by atoms with Crippen LogP contribution in [0.3, 0.4) is 0 Å². The number of nitrogens with one attached hydrogen (secondary N) is 1. The maximum absolute atomic E-state index is 13.0.